The zero-order valence-electron chi connectivity index (χ0n) is 12.8. The number of hydrogen-bond acceptors (Lipinski definition) is 2. The average molecular weight is 298 g/mol. The lowest BCUT2D eigenvalue weighted by atomic mass is 10.00. The summed E-state index contributed by atoms with van der Waals surface area (Å²) in [6.45, 7) is 2.18. The van der Waals surface area contributed by atoms with Gasteiger partial charge in [0.1, 0.15) is 0 Å². The van der Waals surface area contributed by atoms with Gasteiger partial charge in [-0.3, -0.25) is 0 Å². The largest absolute Gasteiger partial charge is 0.465 e. The molecule has 0 unspecified atom stereocenters. The molecule has 0 bridgehead atoms. The number of alkyl halides is 2. The van der Waals surface area contributed by atoms with Crippen LogP contribution in [-0.4, -0.2) is 13.1 Å². The average Bonchev–Trinajstić information content (AvgIpc) is 2.49. The van der Waals surface area contributed by atoms with E-state index >= 15 is 0 Å². The van der Waals surface area contributed by atoms with Crippen LogP contribution in [0.15, 0.2) is 18.2 Å². The van der Waals surface area contributed by atoms with Crippen molar-refractivity contribution in [2.45, 2.75) is 58.3 Å². The SMILES string of the molecule is CCCCCCCCc1ccc(C(=O)OC)c(C(F)F)c1. The molecule has 0 spiro atoms. The Morgan fingerprint density at radius 2 is 1.81 bits per heavy atom. The Bertz CT molecular complexity index is 444. The molecule has 0 heterocycles. The van der Waals surface area contributed by atoms with Gasteiger partial charge in [-0.1, -0.05) is 45.1 Å². The van der Waals surface area contributed by atoms with Crippen molar-refractivity contribution in [2.24, 2.45) is 0 Å². The summed E-state index contributed by atoms with van der Waals surface area (Å²) in [6.07, 6.45) is 5.11. The third-order valence-corrected chi connectivity index (χ3v) is 3.58. The number of methoxy groups -OCH3 is 1. The van der Waals surface area contributed by atoms with Gasteiger partial charge in [-0.2, -0.15) is 0 Å². The molecule has 0 aliphatic heterocycles. The van der Waals surface area contributed by atoms with Gasteiger partial charge in [0, 0.05) is 5.56 Å². The molecule has 1 rings (SSSR count). The van der Waals surface area contributed by atoms with Gasteiger partial charge in [0.25, 0.3) is 6.43 Å². The predicted octanol–water partition coefficient (Wildman–Crippen LogP) is 5.31. The number of hydrogen-bond donors (Lipinski definition) is 0. The summed E-state index contributed by atoms with van der Waals surface area (Å²) >= 11 is 0. The fourth-order valence-electron chi connectivity index (χ4n) is 2.35. The number of carbonyl (C=O) groups excluding carboxylic acids is 1. The summed E-state index contributed by atoms with van der Waals surface area (Å²) in [5.74, 6) is -0.712. The maximum absolute atomic E-state index is 13.0. The molecule has 118 valence electrons. The molecular weight excluding hydrogens is 274 g/mol. The second kappa shape index (κ2) is 9.48. The lowest BCUT2D eigenvalue weighted by Gasteiger charge is -2.10. The molecule has 0 saturated carbocycles. The second-order valence-corrected chi connectivity index (χ2v) is 5.23. The first-order valence-corrected chi connectivity index (χ1v) is 7.59. The molecule has 0 saturated heterocycles. The van der Waals surface area contributed by atoms with Crippen molar-refractivity contribution in [3.05, 3.63) is 34.9 Å². The first-order chi connectivity index (χ1) is 10.1. The zero-order chi connectivity index (χ0) is 15.7. The molecule has 0 atom stereocenters. The monoisotopic (exact) mass is 298 g/mol. The van der Waals surface area contributed by atoms with Crippen molar-refractivity contribution in [2.75, 3.05) is 7.11 Å². The quantitative estimate of drug-likeness (QED) is 0.456. The van der Waals surface area contributed by atoms with Crippen molar-refractivity contribution in [1.29, 1.82) is 0 Å². The van der Waals surface area contributed by atoms with E-state index in [0.717, 1.165) is 24.8 Å². The number of carbonyl (C=O) groups is 1. The van der Waals surface area contributed by atoms with Crippen LogP contribution in [0.3, 0.4) is 0 Å². The smallest absolute Gasteiger partial charge is 0.338 e. The van der Waals surface area contributed by atoms with Crippen LogP contribution in [-0.2, 0) is 11.2 Å². The molecule has 2 nitrogen and oxygen atoms in total. The van der Waals surface area contributed by atoms with Crippen LogP contribution in [0.2, 0.25) is 0 Å². The topological polar surface area (TPSA) is 26.3 Å². The normalized spacial score (nSPS) is 10.9. The number of esters is 1. The zero-order valence-corrected chi connectivity index (χ0v) is 12.8. The molecule has 0 aromatic heterocycles. The second-order valence-electron chi connectivity index (χ2n) is 5.23. The molecule has 0 fully saturated rings. The summed E-state index contributed by atoms with van der Waals surface area (Å²) < 4.78 is 30.6. The van der Waals surface area contributed by atoms with Gasteiger partial charge in [0.05, 0.1) is 12.7 Å². The molecule has 0 aliphatic rings. The van der Waals surface area contributed by atoms with Crippen LogP contribution in [0.5, 0.6) is 0 Å². The Labute approximate surface area is 125 Å². The van der Waals surface area contributed by atoms with E-state index in [1.165, 1.54) is 44.9 Å². The van der Waals surface area contributed by atoms with E-state index in [1.807, 2.05) is 0 Å². The third-order valence-electron chi connectivity index (χ3n) is 3.58. The minimum absolute atomic E-state index is 0.0424. The number of halogens is 2. The summed E-state index contributed by atoms with van der Waals surface area (Å²) in [6, 6.07) is 4.62. The molecule has 0 aliphatic carbocycles. The van der Waals surface area contributed by atoms with Crippen LogP contribution in [0.4, 0.5) is 8.78 Å². The summed E-state index contributed by atoms with van der Waals surface area (Å²) in [7, 11) is 1.20. The fourth-order valence-corrected chi connectivity index (χ4v) is 2.35. The highest BCUT2D eigenvalue weighted by atomic mass is 19.3. The van der Waals surface area contributed by atoms with Gasteiger partial charge in [0.15, 0.2) is 0 Å². The minimum atomic E-state index is -2.66. The van der Waals surface area contributed by atoms with Crippen LogP contribution in [0.1, 0.15) is 73.4 Å². The highest BCUT2D eigenvalue weighted by Crippen LogP contribution is 2.25. The predicted molar refractivity (Wildman–Crippen MR) is 79.8 cm³/mol. The molecule has 0 amide bonds. The molecule has 0 radical (unpaired) electrons. The number of ether oxygens (including phenoxy) is 1. The van der Waals surface area contributed by atoms with Crippen LogP contribution in [0.25, 0.3) is 0 Å². The van der Waals surface area contributed by atoms with E-state index in [9.17, 15) is 13.6 Å². The van der Waals surface area contributed by atoms with Gasteiger partial charge >= 0.3 is 5.97 Å². The Kier molecular flexibility index (Phi) is 7.95. The van der Waals surface area contributed by atoms with Gasteiger partial charge < -0.3 is 4.74 Å². The highest BCUT2D eigenvalue weighted by Gasteiger charge is 2.19. The first-order valence-electron chi connectivity index (χ1n) is 7.59. The van der Waals surface area contributed by atoms with Crippen molar-refractivity contribution in [1.82, 2.24) is 0 Å². The standard InChI is InChI=1S/C17H24F2O2/c1-3-4-5-6-7-8-9-13-10-11-14(17(20)21-2)15(12-13)16(18)19/h10-12,16H,3-9H2,1-2H3. The lowest BCUT2D eigenvalue weighted by Crippen LogP contribution is -2.07. The van der Waals surface area contributed by atoms with Crippen molar-refractivity contribution in [3.8, 4) is 0 Å². The molecule has 1 aromatic carbocycles. The molecule has 4 heteroatoms. The molecule has 0 N–H and O–H groups in total. The van der Waals surface area contributed by atoms with E-state index in [0.29, 0.717) is 0 Å². The Morgan fingerprint density at radius 3 is 2.43 bits per heavy atom. The van der Waals surface area contributed by atoms with Gasteiger partial charge in [-0.25, -0.2) is 13.6 Å². The minimum Gasteiger partial charge on any atom is -0.465 e. The maximum Gasteiger partial charge on any atom is 0.338 e. The lowest BCUT2D eigenvalue weighted by molar-refractivity contribution is 0.0589. The Morgan fingerprint density at radius 1 is 1.14 bits per heavy atom. The van der Waals surface area contributed by atoms with E-state index in [4.69, 9.17) is 0 Å². The van der Waals surface area contributed by atoms with Crippen LogP contribution >= 0.6 is 0 Å². The fraction of sp³-hybridized carbons (Fsp3) is 0.588. The molecular formula is C17H24F2O2. The Balaban J connectivity index is 2.60. The van der Waals surface area contributed by atoms with Crippen molar-refractivity contribution < 1.29 is 18.3 Å². The summed E-state index contributed by atoms with van der Waals surface area (Å²) in [5, 5.41) is 0. The van der Waals surface area contributed by atoms with E-state index in [1.54, 1.807) is 6.07 Å². The van der Waals surface area contributed by atoms with Crippen molar-refractivity contribution in [3.63, 3.8) is 0 Å². The van der Waals surface area contributed by atoms with Gasteiger partial charge in [-0.15, -0.1) is 0 Å². The van der Waals surface area contributed by atoms with Crippen molar-refractivity contribution >= 4 is 5.97 Å². The number of aryl methyl sites for hydroxylation is 1. The summed E-state index contributed by atoms with van der Waals surface area (Å²) in [4.78, 5) is 11.5. The highest BCUT2D eigenvalue weighted by molar-refractivity contribution is 5.91. The van der Waals surface area contributed by atoms with E-state index in [2.05, 4.69) is 11.7 Å². The Hall–Kier alpha value is -1.45. The number of unbranched alkanes of at least 4 members (excludes halogenated alkanes) is 5. The molecule has 1 aromatic rings. The molecule has 21 heavy (non-hydrogen) atoms. The maximum atomic E-state index is 13.0. The number of rotatable bonds is 9. The summed E-state index contributed by atoms with van der Waals surface area (Å²) in [5.41, 5.74) is 0.581. The first kappa shape index (κ1) is 17.6. The van der Waals surface area contributed by atoms with Crippen LogP contribution in [0, 0.1) is 0 Å². The van der Waals surface area contributed by atoms with E-state index in [-0.39, 0.29) is 11.1 Å². The van der Waals surface area contributed by atoms with E-state index < -0.39 is 12.4 Å². The van der Waals surface area contributed by atoms with Crippen LogP contribution < -0.4 is 0 Å². The number of benzene rings is 1. The van der Waals surface area contributed by atoms with Gasteiger partial charge in [-0.05, 0) is 30.5 Å². The third kappa shape index (κ3) is 5.82. The van der Waals surface area contributed by atoms with Gasteiger partial charge in [0.2, 0.25) is 0 Å².